The summed E-state index contributed by atoms with van der Waals surface area (Å²) in [7, 11) is -3.61. The van der Waals surface area contributed by atoms with Gasteiger partial charge in [-0.05, 0) is 35.2 Å². The number of thiophene rings is 1. The minimum Gasteiger partial charge on any atom is -0.392 e. The van der Waals surface area contributed by atoms with E-state index in [0.717, 1.165) is 4.88 Å². The minimum atomic E-state index is -3.61. The van der Waals surface area contributed by atoms with Gasteiger partial charge in [-0.1, -0.05) is 24.6 Å². The number of nitrogens with zero attached hydrogens (tertiary/aromatic N) is 1. The number of halogens is 1. The molecule has 0 spiro atoms. The second-order valence-corrected chi connectivity index (χ2v) is 7.80. The van der Waals surface area contributed by atoms with Crippen molar-refractivity contribution < 1.29 is 13.5 Å². The summed E-state index contributed by atoms with van der Waals surface area (Å²) >= 11 is 7.43. The molecule has 0 saturated carbocycles. The Balaban J connectivity index is 2.35. The summed E-state index contributed by atoms with van der Waals surface area (Å²) in [5.41, 5.74) is 0.407. The molecule has 0 atom stereocenters. The van der Waals surface area contributed by atoms with Gasteiger partial charge in [0.15, 0.2) is 0 Å². The Morgan fingerprint density at radius 2 is 2.10 bits per heavy atom. The number of aliphatic hydroxyl groups excluding tert-OH is 1. The molecule has 4 nitrogen and oxygen atoms in total. The number of hydrogen-bond acceptors (Lipinski definition) is 4. The fourth-order valence-electron chi connectivity index (χ4n) is 1.92. The van der Waals surface area contributed by atoms with Crippen LogP contribution < -0.4 is 0 Å². The SMILES string of the molecule is CCN(Cc1cccs1)S(=O)(=O)c1ccc(Cl)c(CO)c1. The number of rotatable bonds is 6. The van der Waals surface area contributed by atoms with E-state index in [0.29, 0.717) is 23.7 Å². The summed E-state index contributed by atoms with van der Waals surface area (Å²) < 4.78 is 26.8. The molecule has 7 heteroatoms. The maximum absolute atomic E-state index is 12.7. The van der Waals surface area contributed by atoms with Gasteiger partial charge in [0.05, 0.1) is 11.5 Å². The van der Waals surface area contributed by atoms with Crippen molar-refractivity contribution in [2.75, 3.05) is 6.54 Å². The second-order valence-electron chi connectivity index (χ2n) is 4.42. The fourth-order valence-corrected chi connectivity index (χ4v) is 4.38. The Kier molecular flexibility index (Phi) is 5.40. The van der Waals surface area contributed by atoms with Crippen molar-refractivity contribution in [2.24, 2.45) is 0 Å². The van der Waals surface area contributed by atoms with Gasteiger partial charge >= 0.3 is 0 Å². The zero-order valence-corrected chi connectivity index (χ0v) is 13.9. The van der Waals surface area contributed by atoms with Gasteiger partial charge in [0.1, 0.15) is 0 Å². The first-order valence-electron chi connectivity index (χ1n) is 6.41. The Hall–Kier alpha value is -0.920. The average molecular weight is 346 g/mol. The van der Waals surface area contributed by atoms with Gasteiger partial charge in [0.25, 0.3) is 0 Å². The zero-order valence-electron chi connectivity index (χ0n) is 11.5. The monoisotopic (exact) mass is 345 g/mol. The number of sulfonamides is 1. The fraction of sp³-hybridized carbons (Fsp3) is 0.286. The standard InChI is InChI=1S/C14H16ClNO3S2/c1-2-16(9-12-4-3-7-20-12)21(18,19)13-5-6-14(15)11(8-13)10-17/h3-8,17H,2,9-10H2,1H3. The average Bonchev–Trinajstić information content (AvgIpc) is 2.97. The number of hydrogen-bond donors (Lipinski definition) is 1. The van der Waals surface area contributed by atoms with E-state index in [4.69, 9.17) is 11.6 Å². The molecule has 0 amide bonds. The predicted octanol–water partition coefficient (Wildman–Crippen LogP) is 3.10. The molecular weight excluding hydrogens is 330 g/mol. The van der Waals surface area contributed by atoms with Crippen LogP contribution >= 0.6 is 22.9 Å². The third-order valence-electron chi connectivity index (χ3n) is 3.09. The highest BCUT2D eigenvalue weighted by atomic mass is 35.5. The molecule has 0 radical (unpaired) electrons. The van der Waals surface area contributed by atoms with E-state index in [-0.39, 0.29) is 11.5 Å². The van der Waals surface area contributed by atoms with Gasteiger partial charge in [0, 0.05) is 23.0 Å². The van der Waals surface area contributed by atoms with Crippen molar-refractivity contribution in [3.63, 3.8) is 0 Å². The number of aliphatic hydroxyl groups is 1. The normalized spacial score (nSPS) is 12.0. The molecule has 1 heterocycles. The first kappa shape index (κ1) is 16.5. The molecule has 2 rings (SSSR count). The van der Waals surface area contributed by atoms with Crippen molar-refractivity contribution in [1.29, 1.82) is 0 Å². The Bertz CT molecular complexity index is 699. The molecule has 21 heavy (non-hydrogen) atoms. The van der Waals surface area contributed by atoms with E-state index < -0.39 is 10.0 Å². The van der Waals surface area contributed by atoms with Crippen LogP contribution in [-0.2, 0) is 23.2 Å². The zero-order chi connectivity index (χ0) is 15.5. The molecule has 0 aliphatic rings. The summed E-state index contributed by atoms with van der Waals surface area (Å²) in [4.78, 5) is 1.13. The van der Waals surface area contributed by atoms with E-state index in [1.54, 1.807) is 6.92 Å². The predicted molar refractivity (Wildman–Crippen MR) is 85.0 cm³/mol. The molecule has 2 aromatic rings. The lowest BCUT2D eigenvalue weighted by Crippen LogP contribution is -2.30. The van der Waals surface area contributed by atoms with Crippen molar-refractivity contribution in [3.8, 4) is 0 Å². The molecule has 0 saturated heterocycles. The van der Waals surface area contributed by atoms with Crippen molar-refractivity contribution >= 4 is 33.0 Å². The third kappa shape index (κ3) is 3.64. The molecule has 0 bridgehead atoms. The smallest absolute Gasteiger partial charge is 0.243 e. The molecular formula is C14H16ClNO3S2. The van der Waals surface area contributed by atoms with E-state index in [2.05, 4.69) is 0 Å². The van der Waals surface area contributed by atoms with Crippen LogP contribution in [0, 0.1) is 0 Å². The largest absolute Gasteiger partial charge is 0.392 e. The van der Waals surface area contributed by atoms with E-state index in [9.17, 15) is 13.5 Å². The van der Waals surface area contributed by atoms with Crippen LogP contribution in [0.5, 0.6) is 0 Å². The lowest BCUT2D eigenvalue weighted by Gasteiger charge is -2.20. The van der Waals surface area contributed by atoms with E-state index >= 15 is 0 Å². The van der Waals surface area contributed by atoms with Crippen LogP contribution in [0.25, 0.3) is 0 Å². The lowest BCUT2D eigenvalue weighted by atomic mass is 10.2. The van der Waals surface area contributed by atoms with Gasteiger partial charge in [0.2, 0.25) is 10.0 Å². The van der Waals surface area contributed by atoms with Gasteiger partial charge < -0.3 is 5.11 Å². The molecule has 0 fully saturated rings. The van der Waals surface area contributed by atoms with Crippen LogP contribution in [0.2, 0.25) is 5.02 Å². The quantitative estimate of drug-likeness (QED) is 0.875. The van der Waals surface area contributed by atoms with Gasteiger partial charge in [-0.2, -0.15) is 4.31 Å². The van der Waals surface area contributed by atoms with Crippen molar-refractivity contribution in [2.45, 2.75) is 25.0 Å². The van der Waals surface area contributed by atoms with Gasteiger partial charge in [-0.3, -0.25) is 0 Å². The highest BCUT2D eigenvalue weighted by molar-refractivity contribution is 7.89. The van der Waals surface area contributed by atoms with Gasteiger partial charge in [-0.25, -0.2) is 8.42 Å². The molecule has 114 valence electrons. The summed E-state index contributed by atoms with van der Waals surface area (Å²) in [6, 6.07) is 8.19. The maximum atomic E-state index is 12.7. The highest BCUT2D eigenvalue weighted by Gasteiger charge is 2.24. The molecule has 1 aromatic carbocycles. The molecule has 1 aromatic heterocycles. The molecule has 0 unspecified atom stereocenters. The second kappa shape index (κ2) is 6.89. The molecule has 0 aliphatic heterocycles. The Morgan fingerprint density at radius 3 is 2.67 bits per heavy atom. The molecule has 0 aliphatic carbocycles. The van der Waals surface area contributed by atoms with Crippen LogP contribution in [0.3, 0.4) is 0 Å². The van der Waals surface area contributed by atoms with Crippen molar-refractivity contribution in [1.82, 2.24) is 4.31 Å². The summed E-state index contributed by atoms with van der Waals surface area (Å²) in [6.07, 6.45) is 0. The maximum Gasteiger partial charge on any atom is 0.243 e. The van der Waals surface area contributed by atoms with E-state index in [1.807, 2.05) is 17.5 Å². The first-order valence-corrected chi connectivity index (χ1v) is 9.10. The Morgan fingerprint density at radius 1 is 1.33 bits per heavy atom. The van der Waals surface area contributed by atoms with Crippen molar-refractivity contribution in [3.05, 3.63) is 51.2 Å². The topological polar surface area (TPSA) is 57.6 Å². The lowest BCUT2D eigenvalue weighted by molar-refractivity contribution is 0.281. The summed E-state index contributed by atoms with van der Waals surface area (Å²) in [5.74, 6) is 0. The van der Waals surface area contributed by atoms with Crippen LogP contribution in [-0.4, -0.2) is 24.4 Å². The number of benzene rings is 1. The van der Waals surface area contributed by atoms with Crippen LogP contribution in [0.1, 0.15) is 17.4 Å². The highest BCUT2D eigenvalue weighted by Crippen LogP contribution is 2.24. The van der Waals surface area contributed by atoms with E-state index in [1.165, 1.54) is 33.8 Å². The molecule has 1 N–H and O–H groups in total. The van der Waals surface area contributed by atoms with Crippen LogP contribution in [0.4, 0.5) is 0 Å². The third-order valence-corrected chi connectivity index (χ3v) is 6.24. The summed E-state index contributed by atoms with van der Waals surface area (Å²) in [6.45, 7) is 2.22. The van der Waals surface area contributed by atoms with Gasteiger partial charge in [-0.15, -0.1) is 11.3 Å². The Labute approximate surface area is 133 Å². The minimum absolute atomic E-state index is 0.148. The summed E-state index contributed by atoms with van der Waals surface area (Å²) in [5, 5.41) is 11.5. The first-order chi connectivity index (χ1) is 9.98. The van der Waals surface area contributed by atoms with Crippen LogP contribution in [0.15, 0.2) is 40.6 Å².